The molecule has 2 aromatic rings. The van der Waals surface area contributed by atoms with E-state index in [1.807, 2.05) is 12.1 Å². The van der Waals surface area contributed by atoms with Crippen molar-refractivity contribution in [3.8, 4) is 11.5 Å². The number of aromatic nitrogens is 2. The van der Waals surface area contributed by atoms with E-state index in [0.717, 1.165) is 42.7 Å². The predicted molar refractivity (Wildman–Crippen MR) is 91.2 cm³/mol. The minimum atomic E-state index is 0.253. The smallest absolute Gasteiger partial charge is 0.162 e. The fraction of sp³-hybridized carbons (Fsp3) is 0.529. The van der Waals surface area contributed by atoms with E-state index in [0.29, 0.717) is 17.4 Å². The Morgan fingerprint density at radius 2 is 1.78 bits per heavy atom. The topological polar surface area (TPSA) is 73.5 Å². The van der Waals surface area contributed by atoms with Crippen molar-refractivity contribution < 1.29 is 9.47 Å². The molecule has 0 bridgehead atoms. The summed E-state index contributed by atoms with van der Waals surface area (Å²) in [4.78, 5) is 11.2. The van der Waals surface area contributed by atoms with E-state index < -0.39 is 0 Å². The second-order valence-corrected chi connectivity index (χ2v) is 6.11. The van der Waals surface area contributed by atoms with Crippen LogP contribution in [0.3, 0.4) is 0 Å². The van der Waals surface area contributed by atoms with Crippen LogP contribution in [0.4, 0.5) is 5.82 Å². The maximum absolute atomic E-state index is 6.04. The number of hydrogen-bond acceptors (Lipinski definition) is 6. The average molecular weight is 316 g/mol. The lowest BCUT2D eigenvalue weighted by molar-refractivity contribution is 0.353. The third kappa shape index (κ3) is 3.03. The molecule has 0 spiro atoms. The zero-order valence-corrected chi connectivity index (χ0v) is 14.0. The minimum absolute atomic E-state index is 0.253. The highest BCUT2D eigenvalue weighted by molar-refractivity contribution is 5.92. The number of rotatable bonds is 4. The number of piperidine rings is 1. The molecule has 1 aliphatic heterocycles. The molecule has 1 atom stereocenters. The maximum Gasteiger partial charge on any atom is 0.162 e. The molecule has 0 saturated carbocycles. The van der Waals surface area contributed by atoms with Crippen LogP contribution in [0.1, 0.15) is 19.8 Å². The van der Waals surface area contributed by atoms with E-state index in [1.165, 1.54) is 0 Å². The SMILES string of the molecule is COc1cc2ncnc(N3CCC(C(C)N)CC3)c2cc1OC. The number of nitrogens with two attached hydrogens (primary N) is 1. The van der Waals surface area contributed by atoms with Gasteiger partial charge in [0.1, 0.15) is 12.1 Å². The van der Waals surface area contributed by atoms with E-state index in [1.54, 1.807) is 20.5 Å². The van der Waals surface area contributed by atoms with Crippen molar-refractivity contribution in [1.82, 2.24) is 9.97 Å². The Bertz CT molecular complexity index is 682. The Morgan fingerprint density at radius 1 is 1.13 bits per heavy atom. The van der Waals surface area contributed by atoms with Crippen molar-refractivity contribution in [2.45, 2.75) is 25.8 Å². The molecule has 23 heavy (non-hydrogen) atoms. The van der Waals surface area contributed by atoms with Crippen molar-refractivity contribution in [3.05, 3.63) is 18.5 Å². The lowest BCUT2D eigenvalue weighted by atomic mass is 9.91. The Labute approximate surface area is 136 Å². The number of nitrogens with zero attached hydrogens (tertiary/aromatic N) is 3. The van der Waals surface area contributed by atoms with Crippen LogP contribution >= 0.6 is 0 Å². The molecule has 0 radical (unpaired) electrons. The number of methoxy groups -OCH3 is 2. The lowest BCUT2D eigenvalue weighted by Crippen LogP contribution is -2.40. The first kappa shape index (κ1) is 15.8. The zero-order chi connectivity index (χ0) is 16.4. The van der Waals surface area contributed by atoms with E-state index >= 15 is 0 Å². The van der Waals surface area contributed by atoms with Gasteiger partial charge in [-0.15, -0.1) is 0 Å². The number of hydrogen-bond donors (Lipinski definition) is 1. The molecule has 1 aromatic carbocycles. The third-order valence-corrected chi connectivity index (χ3v) is 4.70. The largest absolute Gasteiger partial charge is 0.493 e. The summed E-state index contributed by atoms with van der Waals surface area (Å²) in [5, 5.41) is 0.990. The molecule has 124 valence electrons. The molecule has 1 unspecified atom stereocenters. The zero-order valence-electron chi connectivity index (χ0n) is 14.0. The minimum Gasteiger partial charge on any atom is -0.493 e. The molecule has 2 N–H and O–H groups in total. The van der Waals surface area contributed by atoms with Gasteiger partial charge in [-0.05, 0) is 31.7 Å². The fourth-order valence-corrected chi connectivity index (χ4v) is 3.26. The standard InChI is InChI=1S/C17H24N4O2/c1-11(18)12-4-6-21(7-5-12)17-13-8-15(22-2)16(23-3)9-14(13)19-10-20-17/h8-12H,4-7,18H2,1-3H3. The van der Waals surface area contributed by atoms with Crippen LogP contribution in [0.2, 0.25) is 0 Å². The van der Waals surface area contributed by atoms with Crippen LogP contribution in [0.15, 0.2) is 18.5 Å². The van der Waals surface area contributed by atoms with E-state index in [9.17, 15) is 0 Å². The summed E-state index contributed by atoms with van der Waals surface area (Å²) < 4.78 is 10.8. The maximum atomic E-state index is 6.04. The summed E-state index contributed by atoms with van der Waals surface area (Å²) in [6.45, 7) is 4.02. The van der Waals surface area contributed by atoms with Crippen LogP contribution < -0.4 is 20.1 Å². The van der Waals surface area contributed by atoms with Gasteiger partial charge in [0.05, 0.1) is 19.7 Å². The number of ether oxygens (including phenoxy) is 2. The van der Waals surface area contributed by atoms with Gasteiger partial charge < -0.3 is 20.1 Å². The molecule has 3 rings (SSSR count). The quantitative estimate of drug-likeness (QED) is 0.932. The fourth-order valence-electron chi connectivity index (χ4n) is 3.26. The van der Waals surface area contributed by atoms with E-state index in [-0.39, 0.29) is 6.04 Å². The lowest BCUT2D eigenvalue weighted by Gasteiger charge is -2.34. The molecule has 6 heteroatoms. The van der Waals surface area contributed by atoms with Gasteiger partial charge in [0.25, 0.3) is 0 Å². The molecular formula is C17H24N4O2. The summed E-state index contributed by atoms with van der Waals surface area (Å²) in [6.07, 6.45) is 3.80. The van der Waals surface area contributed by atoms with Crippen LogP contribution in [0.25, 0.3) is 10.9 Å². The highest BCUT2D eigenvalue weighted by Crippen LogP contribution is 2.35. The Balaban J connectivity index is 1.95. The molecular weight excluding hydrogens is 292 g/mol. The molecule has 2 heterocycles. The molecule has 1 aliphatic rings. The Kier molecular flexibility index (Phi) is 4.52. The van der Waals surface area contributed by atoms with Gasteiger partial charge in [0.15, 0.2) is 11.5 Å². The van der Waals surface area contributed by atoms with Crippen molar-refractivity contribution in [1.29, 1.82) is 0 Å². The first-order valence-corrected chi connectivity index (χ1v) is 8.01. The normalized spacial score (nSPS) is 17.3. The summed E-state index contributed by atoms with van der Waals surface area (Å²) in [5.41, 5.74) is 6.90. The van der Waals surface area contributed by atoms with Crippen LogP contribution in [0.5, 0.6) is 11.5 Å². The van der Waals surface area contributed by atoms with Crippen LogP contribution in [0, 0.1) is 5.92 Å². The summed E-state index contributed by atoms with van der Waals surface area (Å²) in [6, 6.07) is 4.11. The van der Waals surface area contributed by atoms with Gasteiger partial charge in [0, 0.05) is 30.6 Å². The van der Waals surface area contributed by atoms with Crippen molar-refractivity contribution >= 4 is 16.7 Å². The second-order valence-electron chi connectivity index (χ2n) is 6.11. The van der Waals surface area contributed by atoms with Gasteiger partial charge in [-0.2, -0.15) is 0 Å². The monoisotopic (exact) mass is 316 g/mol. The number of fused-ring (bicyclic) bond motifs is 1. The molecule has 0 aliphatic carbocycles. The van der Waals surface area contributed by atoms with E-state index in [4.69, 9.17) is 15.2 Å². The number of benzene rings is 1. The predicted octanol–water partition coefficient (Wildman–Crippen LogP) is 2.21. The first-order valence-electron chi connectivity index (χ1n) is 8.01. The third-order valence-electron chi connectivity index (χ3n) is 4.70. The first-order chi connectivity index (χ1) is 11.1. The molecule has 0 amide bonds. The molecule has 1 aromatic heterocycles. The van der Waals surface area contributed by atoms with Crippen molar-refractivity contribution in [2.24, 2.45) is 11.7 Å². The molecule has 6 nitrogen and oxygen atoms in total. The number of anilines is 1. The van der Waals surface area contributed by atoms with E-state index in [2.05, 4.69) is 21.8 Å². The Morgan fingerprint density at radius 3 is 2.39 bits per heavy atom. The Hall–Kier alpha value is -2.08. The average Bonchev–Trinajstić information content (AvgIpc) is 2.60. The van der Waals surface area contributed by atoms with Gasteiger partial charge in [-0.25, -0.2) is 9.97 Å². The van der Waals surface area contributed by atoms with Crippen molar-refractivity contribution in [3.63, 3.8) is 0 Å². The summed E-state index contributed by atoms with van der Waals surface area (Å²) in [5.74, 6) is 2.93. The van der Waals surface area contributed by atoms with Gasteiger partial charge in [-0.1, -0.05) is 0 Å². The molecule has 1 fully saturated rings. The second kappa shape index (κ2) is 6.58. The van der Waals surface area contributed by atoms with Gasteiger partial charge >= 0.3 is 0 Å². The summed E-state index contributed by atoms with van der Waals surface area (Å²) >= 11 is 0. The summed E-state index contributed by atoms with van der Waals surface area (Å²) in [7, 11) is 3.27. The highest BCUT2D eigenvalue weighted by Gasteiger charge is 2.24. The van der Waals surface area contributed by atoms with Gasteiger partial charge in [0.2, 0.25) is 0 Å². The highest BCUT2D eigenvalue weighted by atomic mass is 16.5. The van der Waals surface area contributed by atoms with Crippen LogP contribution in [-0.2, 0) is 0 Å². The van der Waals surface area contributed by atoms with Crippen LogP contribution in [-0.4, -0.2) is 43.3 Å². The molecule has 1 saturated heterocycles. The van der Waals surface area contributed by atoms with Gasteiger partial charge in [-0.3, -0.25) is 0 Å². The van der Waals surface area contributed by atoms with Crippen molar-refractivity contribution in [2.75, 3.05) is 32.2 Å².